The lowest BCUT2D eigenvalue weighted by Gasteiger charge is -2.08. The molecular weight excluding hydrogens is 206 g/mol. The molecular formula is C12H25NO3. The van der Waals surface area contributed by atoms with E-state index >= 15 is 0 Å². The van der Waals surface area contributed by atoms with Gasteiger partial charge in [0.25, 0.3) is 0 Å². The summed E-state index contributed by atoms with van der Waals surface area (Å²) in [5.41, 5.74) is 0. The van der Waals surface area contributed by atoms with Crippen molar-refractivity contribution in [3.05, 3.63) is 0 Å². The lowest BCUT2D eigenvalue weighted by molar-refractivity contribution is -0.121. The monoisotopic (exact) mass is 231 g/mol. The molecule has 1 amide bonds. The minimum absolute atomic E-state index is 0.101. The Morgan fingerprint density at radius 2 is 2.00 bits per heavy atom. The maximum Gasteiger partial charge on any atom is 0.220 e. The standard InChI is InChI=1S/C12H25NO3/c1-4-15-9-6-5-7-12(14)13-8-10-16-11(2)3/h11H,4-10H2,1-3H3,(H,13,14). The lowest BCUT2D eigenvalue weighted by Crippen LogP contribution is -2.27. The number of rotatable bonds is 10. The van der Waals surface area contributed by atoms with Gasteiger partial charge < -0.3 is 14.8 Å². The first kappa shape index (κ1) is 15.4. The minimum Gasteiger partial charge on any atom is -0.382 e. The Hall–Kier alpha value is -0.610. The van der Waals surface area contributed by atoms with E-state index in [9.17, 15) is 4.79 Å². The summed E-state index contributed by atoms with van der Waals surface area (Å²) in [6.45, 7) is 8.62. The van der Waals surface area contributed by atoms with Crippen LogP contribution >= 0.6 is 0 Å². The molecule has 0 spiro atoms. The first-order valence-corrected chi connectivity index (χ1v) is 6.12. The van der Waals surface area contributed by atoms with Crippen molar-refractivity contribution in [1.29, 1.82) is 0 Å². The molecule has 0 atom stereocenters. The number of nitrogens with one attached hydrogen (secondary N) is 1. The van der Waals surface area contributed by atoms with Gasteiger partial charge in [0.1, 0.15) is 0 Å². The molecule has 0 aliphatic heterocycles. The Morgan fingerprint density at radius 1 is 1.25 bits per heavy atom. The van der Waals surface area contributed by atoms with Crippen molar-refractivity contribution in [3.8, 4) is 0 Å². The fourth-order valence-electron chi connectivity index (χ4n) is 1.21. The first-order chi connectivity index (χ1) is 7.66. The molecule has 0 bridgehead atoms. The van der Waals surface area contributed by atoms with E-state index in [-0.39, 0.29) is 12.0 Å². The van der Waals surface area contributed by atoms with Crippen LogP contribution in [0.4, 0.5) is 0 Å². The summed E-state index contributed by atoms with van der Waals surface area (Å²) in [4.78, 5) is 11.3. The molecule has 0 rings (SSSR count). The van der Waals surface area contributed by atoms with Crippen molar-refractivity contribution in [2.24, 2.45) is 0 Å². The molecule has 0 aliphatic carbocycles. The van der Waals surface area contributed by atoms with E-state index in [2.05, 4.69) is 5.32 Å². The van der Waals surface area contributed by atoms with Crippen LogP contribution in [0.15, 0.2) is 0 Å². The molecule has 4 nitrogen and oxygen atoms in total. The van der Waals surface area contributed by atoms with E-state index in [4.69, 9.17) is 9.47 Å². The van der Waals surface area contributed by atoms with E-state index in [0.717, 1.165) is 26.1 Å². The van der Waals surface area contributed by atoms with E-state index in [1.807, 2.05) is 20.8 Å². The Kier molecular flexibility index (Phi) is 10.5. The van der Waals surface area contributed by atoms with Crippen LogP contribution in [0, 0.1) is 0 Å². The molecule has 0 aromatic heterocycles. The predicted octanol–water partition coefficient (Wildman–Crippen LogP) is 1.73. The van der Waals surface area contributed by atoms with Gasteiger partial charge in [0.05, 0.1) is 12.7 Å². The van der Waals surface area contributed by atoms with Crippen molar-refractivity contribution in [2.45, 2.75) is 46.1 Å². The van der Waals surface area contributed by atoms with Gasteiger partial charge in [-0.05, 0) is 33.6 Å². The molecule has 96 valence electrons. The van der Waals surface area contributed by atoms with Gasteiger partial charge >= 0.3 is 0 Å². The molecule has 0 radical (unpaired) electrons. The zero-order chi connectivity index (χ0) is 12.2. The summed E-state index contributed by atoms with van der Waals surface area (Å²) < 4.78 is 10.5. The highest BCUT2D eigenvalue weighted by molar-refractivity contribution is 5.75. The van der Waals surface area contributed by atoms with Crippen LogP contribution < -0.4 is 5.32 Å². The van der Waals surface area contributed by atoms with Crippen LogP contribution in [-0.4, -0.2) is 38.4 Å². The molecule has 4 heteroatoms. The van der Waals surface area contributed by atoms with Crippen molar-refractivity contribution in [1.82, 2.24) is 5.32 Å². The van der Waals surface area contributed by atoms with Crippen LogP contribution in [0.25, 0.3) is 0 Å². The molecule has 0 saturated heterocycles. The average Bonchev–Trinajstić information content (AvgIpc) is 2.24. The Balaban J connectivity index is 3.18. The molecule has 0 aromatic rings. The van der Waals surface area contributed by atoms with Gasteiger partial charge in [-0.25, -0.2) is 0 Å². The summed E-state index contributed by atoms with van der Waals surface area (Å²) >= 11 is 0. The topological polar surface area (TPSA) is 47.6 Å². The maximum absolute atomic E-state index is 11.3. The quantitative estimate of drug-likeness (QED) is 0.582. The largest absolute Gasteiger partial charge is 0.382 e. The summed E-state index contributed by atoms with van der Waals surface area (Å²) in [7, 11) is 0. The number of carbonyl (C=O) groups is 1. The predicted molar refractivity (Wildman–Crippen MR) is 64.4 cm³/mol. The Bertz CT molecular complexity index is 172. The number of hydrogen-bond donors (Lipinski definition) is 1. The second kappa shape index (κ2) is 10.9. The zero-order valence-corrected chi connectivity index (χ0v) is 10.8. The summed E-state index contributed by atoms with van der Waals surface area (Å²) in [6, 6.07) is 0. The molecule has 1 N–H and O–H groups in total. The third kappa shape index (κ3) is 11.5. The molecule has 0 aliphatic rings. The molecule has 0 heterocycles. The van der Waals surface area contributed by atoms with E-state index in [1.54, 1.807) is 0 Å². The highest BCUT2D eigenvalue weighted by Gasteiger charge is 2.00. The SMILES string of the molecule is CCOCCCCC(=O)NCCOC(C)C. The normalized spacial score (nSPS) is 10.8. The summed E-state index contributed by atoms with van der Waals surface area (Å²) in [6.07, 6.45) is 2.64. The maximum atomic E-state index is 11.3. The highest BCUT2D eigenvalue weighted by Crippen LogP contribution is 1.95. The van der Waals surface area contributed by atoms with Gasteiger partial charge in [-0.3, -0.25) is 4.79 Å². The van der Waals surface area contributed by atoms with Gasteiger partial charge in [0.15, 0.2) is 0 Å². The molecule has 16 heavy (non-hydrogen) atoms. The van der Waals surface area contributed by atoms with Gasteiger partial charge in [-0.2, -0.15) is 0 Å². The van der Waals surface area contributed by atoms with Gasteiger partial charge in [-0.1, -0.05) is 0 Å². The van der Waals surface area contributed by atoms with Gasteiger partial charge in [-0.15, -0.1) is 0 Å². The van der Waals surface area contributed by atoms with Crippen LogP contribution in [0.1, 0.15) is 40.0 Å². The average molecular weight is 231 g/mol. The fraction of sp³-hybridized carbons (Fsp3) is 0.917. The minimum atomic E-state index is 0.101. The van der Waals surface area contributed by atoms with Crippen LogP contribution in [0.3, 0.4) is 0 Å². The van der Waals surface area contributed by atoms with E-state index < -0.39 is 0 Å². The summed E-state index contributed by atoms with van der Waals surface area (Å²) in [5, 5.41) is 2.82. The van der Waals surface area contributed by atoms with E-state index in [0.29, 0.717) is 19.6 Å². The molecule has 0 unspecified atom stereocenters. The second-order valence-corrected chi connectivity index (χ2v) is 3.92. The van der Waals surface area contributed by atoms with Crippen LogP contribution in [-0.2, 0) is 14.3 Å². The van der Waals surface area contributed by atoms with Gasteiger partial charge in [0, 0.05) is 26.2 Å². The number of unbranched alkanes of at least 4 members (excludes halogenated alkanes) is 1. The lowest BCUT2D eigenvalue weighted by atomic mass is 10.2. The fourth-order valence-corrected chi connectivity index (χ4v) is 1.21. The molecule has 0 fully saturated rings. The van der Waals surface area contributed by atoms with Crippen LogP contribution in [0.2, 0.25) is 0 Å². The van der Waals surface area contributed by atoms with Crippen molar-refractivity contribution in [2.75, 3.05) is 26.4 Å². The van der Waals surface area contributed by atoms with E-state index in [1.165, 1.54) is 0 Å². The smallest absolute Gasteiger partial charge is 0.220 e. The molecule has 0 saturated carbocycles. The Morgan fingerprint density at radius 3 is 2.62 bits per heavy atom. The van der Waals surface area contributed by atoms with Crippen LogP contribution in [0.5, 0.6) is 0 Å². The number of hydrogen-bond acceptors (Lipinski definition) is 3. The van der Waals surface area contributed by atoms with Crippen molar-refractivity contribution < 1.29 is 14.3 Å². The zero-order valence-electron chi connectivity index (χ0n) is 10.8. The van der Waals surface area contributed by atoms with Gasteiger partial charge in [0.2, 0.25) is 5.91 Å². The number of ether oxygens (including phenoxy) is 2. The van der Waals surface area contributed by atoms with Crippen molar-refractivity contribution >= 4 is 5.91 Å². The second-order valence-electron chi connectivity index (χ2n) is 3.92. The molecule has 0 aromatic carbocycles. The highest BCUT2D eigenvalue weighted by atomic mass is 16.5. The third-order valence-corrected chi connectivity index (χ3v) is 2.02. The number of carbonyl (C=O) groups excluding carboxylic acids is 1. The first-order valence-electron chi connectivity index (χ1n) is 6.12. The van der Waals surface area contributed by atoms with Crippen molar-refractivity contribution in [3.63, 3.8) is 0 Å². The Labute approximate surface area is 98.7 Å². The third-order valence-electron chi connectivity index (χ3n) is 2.02. The summed E-state index contributed by atoms with van der Waals surface area (Å²) in [5.74, 6) is 0.101. The number of amides is 1.